The molecule has 0 saturated heterocycles. The normalized spacial score (nSPS) is 12.4. The topological polar surface area (TPSA) is 17.1 Å². The van der Waals surface area contributed by atoms with Crippen molar-refractivity contribution in [3.8, 4) is 0 Å². The summed E-state index contributed by atoms with van der Waals surface area (Å²) in [7, 11) is 5.96. The highest BCUT2D eigenvalue weighted by molar-refractivity contribution is 5.63. The molecule has 0 bridgehead atoms. The number of allylic oxidation sites excluding steroid dienone is 1. The molecule has 0 aliphatic rings. The van der Waals surface area contributed by atoms with Gasteiger partial charge in [-0.25, -0.2) is 0 Å². The minimum atomic E-state index is 0.693. The standard InChI is InChI=1S/C6H12NO/c1-7(2,3)5-4-6-8/h4-6H,1-3H3/q+1/b5-4+. The quantitative estimate of drug-likeness (QED) is 0.288. The van der Waals surface area contributed by atoms with Crippen LogP contribution in [-0.2, 0) is 4.79 Å². The van der Waals surface area contributed by atoms with E-state index in [1.54, 1.807) is 0 Å². The summed E-state index contributed by atoms with van der Waals surface area (Å²) in [5.41, 5.74) is 0. The first-order chi connectivity index (χ1) is 3.56. The van der Waals surface area contributed by atoms with Crippen molar-refractivity contribution in [3.63, 3.8) is 0 Å². The third-order valence-electron chi connectivity index (χ3n) is 0.612. The van der Waals surface area contributed by atoms with E-state index >= 15 is 0 Å². The lowest BCUT2D eigenvalue weighted by atomic mass is 10.6. The molecule has 0 aliphatic heterocycles. The van der Waals surface area contributed by atoms with Crippen LogP contribution in [0.3, 0.4) is 0 Å². The Morgan fingerprint density at radius 1 is 1.25 bits per heavy atom. The first kappa shape index (κ1) is 7.37. The SMILES string of the molecule is C[N+](C)(C)/C=C/C=O. The predicted molar refractivity (Wildman–Crippen MR) is 33.2 cm³/mol. The summed E-state index contributed by atoms with van der Waals surface area (Å²) in [6.07, 6.45) is 4.09. The van der Waals surface area contributed by atoms with E-state index in [2.05, 4.69) is 0 Å². The lowest BCUT2D eigenvalue weighted by Crippen LogP contribution is -2.26. The van der Waals surface area contributed by atoms with Gasteiger partial charge in [-0.1, -0.05) is 0 Å². The largest absolute Gasteiger partial charge is 0.304 e. The molecule has 0 radical (unpaired) electrons. The molecule has 0 saturated carbocycles. The molecule has 0 atom stereocenters. The van der Waals surface area contributed by atoms with E-state index in [1.165, 1.54) is 6.08 Å². The van der Waals surface area contributed by atoms with Crippen molar-refractivity contribution >= 4 is 6.29 Å². The number of nitrogens with zero attached hydrogens (tertiary/aromatic N) is 1. The predicted octanol–water partition coefficient (Wildman–Crippen LogP) is 0.405. The highest BCUT2D eigenvalue weighted by atomic mass is 16.1. The van der Waals surface area contributed by atoms with Gasteiger partial charge >= 0.3 is 0 Å². The van der Waals surface area contributed by atoms with Crippen LogP contribution in [0.1, 0.15) is 0 Å². The van der Waals surface area contributed by atoms with Crippen LogP contribution in [0.5, 0.6) is 0 Å². The van der Waals surface area contributed by atoms with Crippen molar-refractivity contribution in [1.29, 1.82) is 0 Å². The average molecular weight is 114 g/mol. The van der Waals surface area contributed by atoms with Crippen LogP contribution in [0.25, 0.3) is 0 Å². The molecule has 0 rings (SSSR count). The van der Waals surface area contributed by atoms with Gasteiger partial charge in [-0.2, -0.15) is 0 Å². The Bertz CT molecular complexity index is 99.6. The van der Waals surface area contributed by atoms with Gasteiger partial charge < -0.3 is 4.48 Å². The minimum absolute atomic E-state index is 0.693. The zero-order valence-corrected chi connectivity index (χ0v) is 5.59. The van der Waals surface area contributed by atoms with Gasteiger partial charge in [0.25, 0.3) is 0 Å². The summed E-state index contributed by atoms with van der Waals surface area (Å²) < 4.78 is 0.693. The molecule has 0 fully saturated rings. The zero-order chi connectivity index (χ0) is 6.62. The van der Waals surface area contributed by atoms with Crippen LogP contribution in [0.15, 0.2) is 12.3 Å². The van der Waals surface area contributed by atoms with Crippen molar-refractivity contribution in [2.24, 2.45) is 0 Å². The first-order valence-electron chi connectivity index (χ1n) is 2.50. The Morgan fingerprint density at radius 2 is 1.75 bits per heavy atom. The van der Waals surface area contributed by atoms with E-state index in [-0.39, 0.29) is 0 Å². The molecule has 0 N–H and O–H groups in total. The molecule has 0 aromatic rings. The average Bonchev–Trinajstić information content (AvgIpc) is 1.59. The molecule has 0 aromatic heterocycles. The maximum Gasteiger partial charge on any atom is 0.148 e. The Labute approximate surface area is 50.0 Å². The summed E-state index contributed by atoms with van der Waals surface area (Å²) in [6, 6.07) is 0. The van der Waals surface area contributed by atoms with E-state index < -0.39 is 0 Å². The van der Waals surface area contributed by atoms with Gasteiger partial charge in [-0.15, -0.1) is 0 Å². The van der Waals surface area contributed by atoms with Crippen LogP contribution in [-0.4, -0.2) is 31.9 Å². The number of quaternary nitrogens is 1. The lowest BCUT2D eigenvalue weighted by molar-refractivity contribution is -0.817. The number of hydrogen-bond acceptors (Lipinski definition) is 1. The number of aldehydes is 1. The van der Waals surface area contributed by atoms with E-state index in [4.69, 9.17) is 0 Å². The molecule has 8 heavy (non-hydrogen) atoms. The number of carbonyl (C=O) groups is 1. The number of rotatable bonds is 2. The number of hydrogen-bond donors (Lipinski definition) is 0. The third-order valence-corrected chi connectivity index (χ3v) is 0.612. The highest BCUT2D eigenvalue weighted by Crippen LogP contribution is 1.88. The van der Waals surface area contributed by atoms with Crippen LogP contribution >= 0.6 is 0 Å². The highest BCUT2D eigenvalue weighted by Gasteiger charge is 1.96. The van der Waals surface area contributed by atoms with Crippen molar-refractivity contribution in [1.82, 2.24) is 0 Å². The molecule has 0 aliphatic carbocycles. The Hall–Kier alpha value is -0.630. The second-order valence-electron chi connectivity index (χ2n) is 2.59. The minimum Gasteiger partial charge on any atom is -0.304 e. The van der Waals surface area contributed by atoms with Gasteiger partial charge in [0.15, 0.2) is 0 Å². The molecule has 2 nitrogen and oxygen atoms in total. The third kappa shape index (κ3) is 5.37. The molecule has 0 heterocycles. The second-order valence-corrected chi connectivity index (χ2v) is 2.59. The van der Waals surface area contributed by atoms with Crippen LogP contribution in [0.4, 0.5) is 0 Å². The van der Waals surface area contributed by atoms with Crippen LogP contribution in [0, 0.1) is 0 Å². The molecule has 0 unspecified atom stereocenters. The van der Waals surface area contributed by atoms with Crippen molar-refractivity contribution < 1.29 is 9.28 Å². The smallest absolute Gasteiger partial charge is 0.148 e. The molecular formula is C6H12NO+. The first-order valence-corrected chi connectivity index (χ1v) is 2.50. The van der Waals surface area contributed by atoms with Gasteiger partial charge in [-0.05, 0) is 0 Å². The van der Waals surface area contributed by atoms with Gasteiger partial charge in [0.1, 0.15) is 6.29 Å². The van der Waals surface area contributed by atoms with Crippen LogP contribution in [0.2, 0.25) is 0 Å². The van der Waals surface area contributed by atoms with E-state index in [0.29, 0.717) is 4.48 Å². The molecule has 0 amide bonds. The summed E-state index contributed by atoms with van der Waals surface area (Å²) in [6.45, 7) is 0. The Kier molecular flexibility index (Phi) is 2.42. The molecular weight excluding hydrogens is 102 g/mol. The number of carbonyl (C=O) groups excluding carboxylic acids is 1. The van der Waals surface area contributed by atoms with E-state index in [9.17, 15) is 4.79 Å². The van der Waals surface area contributed by atoms with Crippen molar-refractivity contribution in [2.45, 2.75) is 0 Å². The zero-order valence-electron chi connectivity index (χ0n) is 5.59. The Morgan fingerprint density at radius 3 is 1.88 bits per heavy atom. The fourth-order valence-electron chi connectivity index (χ4n) is 0.293. The van der Waals surface area contributed by atoms with Gasteiger partial charge in [0.2, 0.25) is 0 Å². The van der Waals surface area contributed by atoms with Crippen molar-refractivity contribution in [2.75, 3.05) is 21.1 Å². The summed E-state index contributed by atoms with van der Waals surface area (Å²) in [5.74, 6) is 0. The van der Waals surface area contributed by atoms with Gasteiger partial charge in [0.05, 0.1) is 27.3 Å². The van der Waals surface area contributed by atoms with Gasteiger partial charge in [0, 0.05) is 6.08 Å². The second kappa shape index (κ2) is 2.62. The monoisotopic (exact) mass is 114 g/mol. The van der Waals surface area contributed by atoms with Crippen LogP contribution < -0.4 is 0 Å². The summed E-state index contributed by atoms with van der Waals surface area (Å²) >= 11 is 0. The molecule has 0 spiro atoms. The maximum absolute atomic E-state index is 9.75. The van der Waals surface area contributed by atoms with Crippen molar-refractivity contribution in [3.05, 3.63) is 12.3 Å². The van der Waals surface area contributed by atoms with E-state index in [1.807, 2.05) is 27.3 Å². The fourth-order valence-corrected chi connectivity index (χ4v) is 0.293. The molecule has 0 aromatic carbocycles. The summed E-state index contributed by atoms with van der Waals surface area (Å²) in [5, 5.41) is 0. The maximum atomic E-state index is 9.75. The molecule has 46 valence electrons. The fraction of sp³-hybridized carbons (Fsp3) is 0.500. The van der Waals surface area contributed by atoms with E-state index in [0.717, 1.165) is 6.29 Å². The lowest BCUT2D eigenvalue weighted by Gasteiger charge is -2.16. The molecule has 2 heteroatoms. The Balaban J connectivity index is 3.69. The van der Waals surface area contributed by atoms with Gasteiger partial charge in [-0.3, -0.25) is 4.79 Å². The summed E-state index contributed by atoms with van der Waals surface area (Å²) in [4.78, 5) is 9.75.